The highest BCUT2D eigenvalue weighted by Crippen LogP contribution is 2.25. The second kappa shape index (κ2) is 3.86. The standard InChI is InChI=1S/C10H5F2NOS/c11-7-3-1-2-6(10(7)12)8-5-15-9(4-14)13-8/h1-5H. The zero-order valence-corrected chi connectivity index (χ0v) is 8.22. The van der Waals surface area contributed by atoms with Gasteiger partial charge in [-0.25, -0.2) is 13.8 Å². The van der Waals surface area contributed by atoms with E-state index in [1.165, 1.54) is 17.5 Å². The van der Waals surface area contributed by atoms with Crippen molar-refractivity contribution in [3.63, 3.8) is 0 Å². The Labute approximate surface area is 88.2 Å². The average Bonchev–Trinajstić information content (AvgIpc) is 2.70. The zero-order valence-electron chi connectivity index (χ0n) is 7.41. The largest absolute Gasteiger partial charge is 0.295 e. The fraction of sp³-hybridized carbons (Fsp3) is 0. The second-order valence-corrected chi connectivity index (χ2v) is 3.68. The molecule has 0 saturated carbocycles. The molecule has 2 nitrogen and oxygen atoms in total. The normalized spacial score (nSPS) is 10.3. The van der Waals surface area contributed by atoms with Gasteiger partial charge in [0.05, 0.1) is 5.69 Å². The van der Waals surface area contributed by atoms with Crippen LogP contribution in [0, 0.1) is 11.6 Å². The highest BCUT2D eigenvalue weighted by atomic mass is 32.1. The summed E-state index contributed by atoms with van der Waals surface area (Å²) in [6.07, 6.45) is 0.575. The second-order valence-electron chi connectivity index (χ2n) is 2.79. The van der Waals surface area contributed by atoms with Gasteiger partial charge < -0.3 is 0 Å². The van der Waals surface area contributed by atoms with Crippen LogP contribution in [0.4, 0.5) is 8.78 Å². The van der Waals surface area contributed by atoms with Crippen LogP contribution in [0.5, 0.6) is 0 Å². The Morgan fingerprint density at radius 3 is 2.80 bits per heavy atom. The summed E-state index contributed by atoms with van der Waals surface area (Å²) in [5, 5.41) is 1.76. The van der Waals surface area contributed by atoms with Crippen molar-refractivity contribution in [2.24, 2.45) is 0 Å². The quantitative estimate of drug-likeness (QED) is 0.735. The lowest BCUT2D eigenvalue weighted by molar-refractivity contribution is 0.112. The molecule has 5 heteroatoms. The molecule has 15 heavy (non-hydrogen) atoms. The molecular weight excluding hydrogens is 220 g/mol. The molecule has 0 aliphatic heterocycles. The van der Waals surface area contributed by atoms with Crippen LogP contribution in [0.25, 0.3) is 11.3 Å². The van der Waals surface area contributed by atoms with Crippen LogP contribution < -0.4 is 0 Å². The van der Waals surface area contributed by atoms with Gasteiger partial charge >= 0.3 is 0 Å². The van der Waals surface area contributed by atoms with E-state index in [-0.39, 0.29) is 16.3 Å². The van der Waals surface area contributed by atoms with E-state index in [0.29, 0.717) is 6.29 Å². The van der Waals surface area contributed by atoms with Crippen molar-refractivity contribution in [2.75, 3.05) is 0 Å². The molecule has 0 saturated heterocycles. The number of aldehydes is 1. The first-order valence-corrected chi connectivity index (χ1v) is 4.95. The van der Waals surface area contributed by atoms with Gasteiger partial charge in [-0.3, -0.25) is 4.79 Å². The smallest absolute Gasteiger partial charge is 0.178 e. The molecule has 0 N–H and O–H groups in total. The summed E-state index contributed by atoms with van der Waals surface area (Å²) in [6.45, 7) is 0. The van der Waals surface area contributed by atoms with Crippen molar-refractivity contribution in [3.8, 4) is 11.3 Å². The average molecular weight is 225 g/mol. The van der Waals surface area contributed by atoms with Crippen LogP contribution in [0.1, 0.15) is 9.80 Å². The summed E-state index contributed by atoms with van der Waals surface area (Å²) in [5.74, 6) is -1.87. The first kappa shape index (κ1) is 9.92. The van der Waals surface area contributed by atoms with E-state index in [1.807, 2.05) is 0 Å². The van der Waals surface area contributed by atoms with Crippen molar-refractivity contribution >= 4 is 17.6 Å². The third-order valence-electron chi connectivity index (χ3n) is 1.85. The number of carbonyl (C=O) groups excluding carboxylic acids is 1. The fourth-order valence-corrected chi connectivity index (χ4v) is 1.79. The summed E-state index contributed by atoms with van der Waals surface area (Å²) in [4.78, 5) is 14.2. The minimum absolute atomic E-state index is 0.0688. The third-order valence-corrected chi connectivity index (χ3v) is 2.62. The molecule has 0 fully saturated rings. The van der Waals surface area contributed by atoms with Gasteiger partial charge in [-0.2, -0.15) is 0 Å². The first-order valence-electron chi connectivity index (χ1n) is 4.07. The zero-order chi connectivity index (χ0) is 10.8. The maximum atomic E-state index is 13.3. The summed E-state index contributed by atoms with van der Waals surface area (Å²) in [5.41, 5.74) is 0.346. The molecule has 2 rings (SSSR count). The number of nitrogens with zero attached hydrogens (tertiary/aromatic N) is 1. The van der Waals surface area contributed by atoms with Gasteiger partial charge in [0.1, 0.15) is 0 Å². The highest BCUT2D eigenvalue weighted by Gasteiger charge is 2.12. The SMILES string of the molecule is O=Cc1nc(-c2cccc(F)c2F)cs1. The van der Waals surface area contributed by atoms with Gasteiger partial charge in [0, 0.05) is 10.9 Å². The lowest BCUT2D eigenvalue weighted by atomic mass is 10.1. The van der Waals surface area contributed by atoms with E-state index in [9.17, 15) is 13.6 Å². The number of hydrogen-bond acceptors (Lipinski definition) is 3. The van der Waals surface area contributed by atoms with Crippen LogP contribution >= 0.6 is 11.3 Å². The molecule has 0 unspecified atom stereocenters. The number of carbonyl (C=O) groups is 1. The Kier molecular flexibility index (Phi) is 2.55. The molecule has 2 aromatic rings. The summed E-state index contributed by atoms with van der Waals surface area (Å²) < 4.78 is 26.2. The number of aromatic nitrogens is 1. The Hall–Kier alpha value is -1.62. The van der Waals surface area contributed by atoms with Gasteiger partial charge in [-0.05, 0) is 12.1 Å². The molecule has 0 radical (unpaired) electrons. The van der Waals surface area contributed by atoms with Crippen LogP contribution in [-0.4, -0.2) is 11.3 Å². The molecule has 1 aromatic carbocycles. The Morgan fingerprint density at radius 1 is 1.33 bits per heavy atom. The monoisotopic (exact) mass is 225 g/mol. The van der Waals surface area contributed by atoms with Crippen LogP contribution in [-0.2, 0) is 0 Å². The molecule has 0 aliphatic carbocycles. The van der Waals surface area contributed by atoms with Crippen LogP contribution in [0.2, 0.25) is 0 Å². The van der Waals surface area contributed by atoms with Crippen LogP contribution in [0.3, 0.4) is 0 Å². The van der Waals surface area contributed by atoms with E-state index < -0.39 is 11.6 Å². The number of halogens is 2. The van der Waals surface area contributed by atoms with Gasteiger partial charge in [-0.1, -0.05) is 6.07 Å². The lowest BCUT2D eigenvalue weighted by Gasteiger charge is -1.98. The Balaban J connectivity index is 2.53. The number of rotatable bonds is 2. The predicted molar refractivity (Wildman–Crippen MR) is 52.9 cm³/mol. The van der Waals surface area contributed by atoms with E-state index in [1.54, 1.807) is 0 Å². The minimum atomic E-state index is -0.944. The molecule has 1 heterocycles. The number of thiazole rings is 1. The molecule has 1 aromatic heterocycles. The van der Waals surface area contributed by atoms with Gasteiger partial charge in [-0.15, -0.1) is 11.3 Å². The minimum Gasteiger partial charge on any atom is -0.295 e. The van der Waals surface area contributed by atoms with E-state index in [2.05, 4.69) is 4.98 Å². The summed E-state index contributed by atoms with van der Waals surface area (Å²) in [6, 6.07) is 3.85. The highest BCUT2D eigenvalue weighted by molar-refractivity contribution is 7.11. The van der Waals surface area contributed by atoms with Gasteiger partial charge in [0.2, 0.25) is 0 Å². The molecule has 0 atom stereocenters. The summed E-state index contributed by atoms with van der Waals surface area (Å²) >= 11 is 1.09. The maximum absolute atomic E-state index is 13.3. The molecule has 0 spiro atoms. The van der Waals surface area contributed by atoms with Gasteiger partial charge in [0.25, 0.3) is 0 Å². The van der Waals surface area contributed by atoms with E-state index in [0.717, 1.165) is 17.4 Å². The molecule has 76 valence electrons. The van der Waals surface area contributed by atoms with Crippen LogP contribution in [0.15, 0.2) is 23.6 Å². The van der Waals surface area contributed by atoms with Crippen molar-refractivity contribution in [1.82, 2.24) is 4.98 Å². The molecule has 0 amide bonds. The van der Waals surface area contributed by atoms with Crippen molar-refractivity contribution in [3.05, 3.63) is 40.2 Å². The van der Waals surface area contributed by atoms with Crippen molar-refractivity contribution in [1.29, 1.82) is 0 Å². The topological polar surface area (TPSA) is 30.0 Å². The van der Waals surface area contributed by atoms with Crippen molar-refractivity contribution < 1.29 is 13.6 Å². The number of hydrogen-bond donors (Lipinski definition) is 0. The Bertz CT molecular complexity index is 510. The van der Waals surface area contributed by atoms with E-state index in [4.69, 9.17) is 0 Å². The molecule has 0 aliphatic rings. The third kappa shape index (κ3) is 1.78. The first-order chi connectivity index (χ1) is 7.22. The number of benzene rings is 1. The summed E-state index contributed by atoms with van der Waals surface area (Å²) in [7, 11) is 0. The van der Waals surface area contributed by atoms with Gasteiger partial charge in [0.15, 0.2) is 22.9 Å². The predicted octanol–water partition coefficient (Wildman–Crippen LogP) is 2.90. The maximum Gasteiger partial charge on any atom is 0.178 e. The van der Waals surface area contributed by atoms with E-state index >= 15 is 0 Å². The molecular formula is C10H5F2NOS. The molecule has 0 bridgehead atoms. The van der Waals surface area contributed by atoms with Crippen molar-refractivity contribution in [2.45, 2.75) is 0 Å². The Morgan fingerprint density at radius 2 is 2.13 bits per heavy atom. The lowest BCUT2D eigenvalue weighted by Crippen LogP contribution is -1.89. The fourth-order valence-electron chi connectivity index (χ4n) is 1.17.